The highest BCUT2D eigenvalue weighted by Gasteiger charge is 2.46. The molecule has 1 aromatic heterocycles. The van der Waals surface area contributed by atoms with Crippen molar-refractivity contribution in [2.24, 2.45) is 11.1 Å². The van der Waals surface area contributed by atoms with Gasteiger partial charge in [-0.05, 0) is 50.6 Å². The molecule has 0 spiro atoms. The summed E-state index contributed by atoms with van der Waals surface area (Å²) in [5.74, 6) is 0. The first-order valence-electron chi connectivity index (χ1n) is 8.15. The molecular formula is C16H27N3O. The smallest absolute Gasteiger partial charge is 0.128 e. The second-order valence-corrected chi connectivity index (χ2v) is 6.54. The van der Waals surface area contributed by atoms with E-state index in [1.165, 1.54) is 50.6 Å². The van der Waals surface area contributed by atoms with Crippen LogP contribution < -0.4 is 5.73 Å². The summed E-state index contributed by atoms with van der Waals surface area (Å²) in [4.78, 5) is 2.65. The molecule has 0 radical (unpaired) electrons. The van der Waals surface area contributed by atoms with Crippen LogP contribution >= 0.6 is 0 Å². The fraction of sp³-hybridized carbons (Fsp3) is 0.812. The fourth-order valence-corrected chi connectivity index (χ4v) is 4.10. The van der Waals surface area contributed by atoms with Gasteiger partial charge in [-0.25, -0.2) is 0 Å². The van der Waals surface area contributed by atoms with Crippen molar-refractivity contribution in [2.45, 2.75) is 64.5 Å². The maximum Gasteiger partial charge on any atom is 0.128 e. The number of nitrogens with two attached hydrogens (primary N) is 1. The molecule has 0 bridgehead atoms. The molecule has 20 heavy (non-hydrogen) atoms. The molecule has 1 saturated heterocycles. The number of piperidine rings is 1. The van der Waals surface area contributed by atoms with E-state index in [9.17, 15) is 0 Å². The highest BCUT2D eigenvalue weighted by atomic mass is 16.5. The van der Waals surface area contributed by atoms with E-state index in [2.05, 4.69) is 17.0 Å². The van der Waals surface area contributed by atoms with Gasteiger partial charge in [-0.1, -0.05) is 24.9 Å². The number of likely N-dealkylation sites (tertiary alicyclic amines) is 1. The topological polar surface area (TPSA) is 55.3 Å². The van der Waals surface area contributed by atoms with Gasteiger partial charge < -0.3 is 10.3 Å². The summed E-state index contributed by atoms with van der Waals surface area (Å²) >= 11 is 0. The van der Waals surface area contributed by atoms with Gasteiger partial charge >= 0.3 is 0 Å². The minimum atomic E-state index is 0.393. The monoisotopic (exact) mass is 277 g/mol. The second-order valence-electron chi connectivity index (χ2n) is 6.54. The number of aryl methyl sites for hydroxylation is 1. The van der Waals surface area contributed by atoms with E-state index in [1.54, 1.807) is 0 Å². The highest BCUT2D eigenvalue weighted by molar-refractivity contribution is 5.15. The van der Waals surface area contributed by atoms with Crippen LogP contribution in [0.25, 0.3) is 0 Å². The minimum absolute atomic E-state index is 0.393. The molecule has 3 rings (SSSR count). The average Bonchev–Trinajstić information content (AvgIpc) is 2.87. The Morgan fingerprint density at radius 2 is 2.25 bits per heavy atom. The molecular weight excluding hydrogens is 250 g/mol. The molecule has 4 heteroatoms. The first-order chi connectivity index (χ1) is 9.79. The fourth-order valence-electron chi connectivity index (χ4n) is 4.10. The van der Waals surface area contributed by atoms with Crippen LogP contribution in [0.15, 0.2) is 10.8 Å². The number of hydrogen-bond donors (Lipinski definition) is 1. The minimum Gasteiger partial charge on any atom is -0.364 e. The zero-order chi connectivity index (χ0) is 14.0. The van der Waals surface area contributed by atoms with E-state index < -0.39 is 0 Å². The zero-order valence-electron chi connectivity index (χ0n) is 12.6. The molecule has 112 valence electrons. The lowest BCUT2D eigenvalue weighted by Gasteiger charge is -2.53. The van der Waals surface area contributed by atoms with Crippen LogP contribution in [0.1, 0.15) is 56.7 Å². The van der Waals surface area contributed by atoms with Gasteiger partial charge in [0.2, 0.25) is 0 Å². The third kappa shape index (κ3) is 2.40. The molecule has 4 nitrogen and oxygen atoms in total. The molecule has 2 heterocycles. The SMILES string of the molecule is CCc1nocc1CN1CCCCC1C1(CN)CCC1. The van der Waals surface area contributed by atoms with Crippen LogP contribution in [0.3, 0.4) is 0 Å². The summed E-state index contributed by atoms with van der Waals surface area (Å²) in [6, 6.07) is 0.662. The number of rotatable bonds is 5. The van der Waals surface area contributed by atoms with Crippen molar-refractivity contribution >= 4 is 0 Å². The Morgan fingerprint density at radius 3 is 2.90 bits per heavy atom. The Balaban J connectivity index is 1.75. The normalized spacial score (nSPS) is 26.4. The van der Waals surface area contributed by atoms with Gasteiger partial charge in [0.1, 0.15) is 6.26 Å². The predicted octanol–water partition coefficient (Wildman–Crippen LogP) is 2.72. The average molecular weight is 277 g/mol. The molecule has 0 amide bonds. The standard InChI is InChI=1S/C16H27N3O/c1-2-14-13(11-20-18-14)10-19-9-4-3-6-15(19)16(12-17)7-5-8-16/h11,15H,2-10,12,17H2,1H3. The van der Waals surface area contributed by atoms with Gasteiger partial charge in [0.25, 0.3) is 0 Å². The van der Waals surface area contributed by atoms with Crippen LogP contribution in [0.5, 0.6) is 0 Å². The molecule has 1 unspecified atom stereocenters. The molecule has 0 aromatic carbocycles. The van der Waals surface area contributed by atoms with Gasteiger partial charge in [0, 0.05) is 18.2 Å². The molecule has 1 aliphatic carbocycles. The van der Waals surface area contributed by atoms with Crippen molar-refractivity contribution in [2.75, 3.05) is 13.1 Å². The zero-order valence-corrected chi connectivity index (χ0v) is 12.6. The number of hydrogen-bond acceptors (Lipinski definition) is 4. The Kier molecular flexibility index (Phi) is 4.13. The third-order valence-corrected chi connectivity index (χ3v) is 5.51. The quantitative estimate of drug-likeness (QED) is 0.899. The maximum absolute atomic E-state index is 6.13. The van der Waals surface area contributed by atoms with Crippen molar-refractivity contribution in [1.82, 2.24) is 10.1 Å². The summed E-state index contributed by atoms with van der Waals surface area (Å²) < 4.78 is 5.16. The summed E-state index contributed by atoms with van der Waals surface area (Å²) in [5, 5.41) is 4.12. The van der Waals surface area contributed by atoms with E-state index in [1.807, 2.05) is 6.26 Å². The first kappa shape index (κ1) is 14.1. The van der Waals surface area contributed by atoms with Crippen molar-refractivity contribution in [3.63, 3.8) is 0 Å². The van der Waals surface area contributed by atoms with Crippen molar-refractivity contribution in [3.8, 4) is 0 Å². The lowest BCUT2D eigenvalue weighted by atomic mass is 9.62. The largest absolute Gasteiger partial charge is 0.364 e. The van der Waals surface area contributed by atoms with E-state index in [0.29, 0.717) is 11.5 Å². The van der Waals surface area contributed by atoms with Crippen LogP contribution in [-0.2, 0) is 13.0 Å². The molecule has 1 aliphatic heterocycles. The maximum atomic E-state index is 6.13. The van der Waals surface area contributed by atoms with Gasteiger partial charge in [0.15, 0.2) is 0 Å². The van der Waals surface area contributed by atoms with E-state index in [0.717, 1.165) is 25.2 Å². The molecule has 1 saturated carbocycles. The molecule has 1 aromatic rings. The van der Waals surface area contributed by atoms with E-state index in [4.69, 9.17) is 10.3 Å². The van der Waals surface area contributed by atoms with E-state index >= 15 is 0 Å². The molecule has 2 aliphatic rings. The van der Waals surface area contributed by atoms with Crippen molar-refractivity contribution < 1.29 is 4.52 Å². The first-order valence-corrected chi connectivity index (χ1v) is 8.15. The molecule has 2 N–H and O–H groups in total. The van der Waals surface area contributed by atoms with Crippen LogP contribution in [0, 0.1) is 5.41 Å². The molecule has 2 fully saturated rings. The van der Waals surface area contributed by atoms with Gasteiger partial charge in [-0.2, -0.15) is 0 Å². The Hall–Kier alpha value is -0.870. The summed E-state index contributed by atoms with van der Waals surface area (Å²) in [5.41, 5.74) is 8.91. The predicted molar refractivity (Wildman–Crippen MR) is 79.3 cm³/mol. The van der Waals surface area contributed by atoms with Crippen molar-refractivity contribution in [1.29, 1.82) is 0 Å². The third-order valence-electron chi connectivity index (χ3n) is 5.51. The number of nitrogens with zero attached hydrogens (tertiary/aromatic N) is 2. The summed E-state index contributed by atoms with van der Waals surface area (Å²) in [7, 11) is 0. The van der Waals surface area contributed by atoms with Gasteiger partial charge in [0.05, 0.1) is 5.69 Å². The van der Waals surface area contributed by atoms with Gasteiger partial charge in [-0.15, -0.1) is 0 Å². The lowest BCUT2D eigenvalue weighted by molar-refractivity contribution is -0.0207. The second kappa shape index (κ2) is 5.86. The Morgan fingerprint density at radius 1 is 1.40 bits per heavy atom. The van der Waals surface area contributed by atoms with Crippen LogP contribution in [0.4, 0.5) is 0 Å². The summed E-state index contributed by atoms with van der Waals surface area (Å²) in [6.07, 6.45) is 10.7. The Bertz CT molecular complexity index is 433. The van der Waals surface area contributed by atoms with Crippen LogP contribution in [-0.4, -0.2) is 29.2 Å². The Labute approximate surface area is 121 Å². The lowest BCUT2D eigenvalue weighted by Crippen LogP contribution is -2.56. The summed E-state index contributed by atoms with van der Waals surface area (Å²) in [6.45, 7) is 5.17. The van der Waals surface area contributed by atoms with E-state index in [-0.39, 0.29) is 0 Å². The molecule has 1 atom stereocenters. The van der Waals surface area contributed by atoms with Crippen LogP contribution in [0.2, 0.25) is 0 Å². The highest BCUT2D eigenvalue weighted by Crippen LogP contribution is 2.47. The van der Waals surface area contributed by atoms with Gasteiger partial charge in [-0.3, -0.25) is 4.90 Å². The number of aromatic nitrogens is 1. The van der Waals surface area contributed by atoms with Crippen molar-refractivity contribution in [3.05, 3.63) is 17.5 Å².